The molecule has 2 aromatic rings. The van der Waals surface area contributed by atoms with Crippen LogP contribution in [0.1, 0.15) is 57.6 Å². The van der Waals surface area contributed by atoms with Crippen LogP contribution in [-0.4, -0.2) is 77.8 Å². The third-order valence-corrected chi connectivity index (χ3v) is 8.64. The van der Waals surface area contributed by atoms with Gasteiger partial charge in [-0.25, -0.2) is 4.79 Å². The number of carbonyl (C=O) groups excluding carboxylic acids is 3. The highest BCUT2D eigenvalue weighted by molar-refractivity contribution is 5.68. The molecule has 18 nitrogen and oxygen atoms in total. The predicted octanol–water partition coefficient (Wildman–Crippen LogP) is 6.80. The third-order valence-electron chi connectivity index (χ3n) is 8.64. The Balaban J connectivity index is 1.67. The van der Waals surface area contributed by atoms with Crippen LogP contribution in [0.25, 0.3) is 31.3 Å². The molecule has 0 N–H and O–H groups in total. The molecule has 1 aliphatic carbocycles. The highest BCUT2D eigenvalue weighted by atomic mass is 16.7. The second-order valence-corrected chi connectivity index (χ2v) is 12.1. The summed E-state index contributed by atoms with van der Waals surface area (Å²) in [4.78, 5) is 48.5. The molecule has 1 unspecified atom stereocenters. The molecule has 270 valence electrons. The van der Waals surface area contributed by atoms with Crippen LogP contribution in [0.4, 0.5) is 4.79 Å². The van der Waals surface area contributed by atoms with Crippen LogP contribution in [0.5, 0.6) is 0 Å². The summed E-state index contributed by atoms with van der Waals surface area (Å²) in [6.07, 6.45) is -5.57. The third kappa shape index (κ3) is 10.5. The Morgan fingerprint density at radius 3 is 1.92 bits per heavy atom. The molecule has 51 heavy (non-hydrogen) atoms. The molecule has 1 saturated heterocycles. The number of rotatable bonds is 14. The first-order valence-corrected chi connectivity index (χ1v) is 16.5. The lowest BCUT2D eigenvalue weighted by Gasteiger charge is -2.46. The van der Waals surface area contributed by atoms with Crippen LogP contribution in [0.3, 0.4) is 0 Å². The van der Waals surface area contributed by atoms with Crippen LogP contribution in [0.15, 0.2) is 76.0 Å². The molecule has 1 aliphatic heterocycles. The Morgan fingerprint density at radius 2 is 1.35 bits per heavy atom. The maximum Gasteiger partial charge on any atom is 0.410 e. The van der Waals surface area contributed by atoms with Gasteiger partial charge in [0.25, 0.3) is 0 Å². The SMILES string of the molecule is CC[C@@H]([C@@H]1CCC(N=[N+]=[N-])[C@@H](O[C@H]2[C@H](OC(C)=O)[C@@H](OC(C)=O)[C@H](N=[N+]=[N-])C[C@@H]2N=[N+]=[N-])O1)N(Cc1ccccc1)C(=O)OCc1ccccc1. The highest BCUT2D eigenvalue weighted by Crippen LogP contribution is 2.36. The summed E-state index contributed by atoms with van der Waals surface area (Å²) in [5.41, 5.74) is 29.7. The Hall–Kier alpha value is -5.50. The zero-order valence-corrected chi connectivity index (χ0v) is 28.5. The van der Waals surface area contributed by atoms with Gasteiger partial charge in [-0.05, 0) is 53.4 Å². The van der Waals surface area contributed by atoms with Gasteiger partial charge in [-0.3, -0.25) is 14.5 Å². The normalized spacial score (nSPS) is 26.1. The molecule has 1 saturated carbocycles. The van der Waals surface area contributed by atoms with E-state index in [-0.39, 0.29) is 26.0 Å². The molecule has 4 rings (SSSR count). The van der Waals surface area contributed by atoms with Gasteiger partial charge >= 0.3 is 18.0 Å². The minimum Gasteiger partial charge on any atom is -0.458 e. The van der Waals surface area contributed by atoms with Crippen molar-refractivity contribution in [3.63, 3.8) is 0 Å². The van der Waals surface area contributed by atoms with Crippen molar-refractivity contribution >= 4 is 18.0 Å². The summed E-state index contributed by atoms with van der Waals surface area (Å²) in [7, 11) is 0. The van der Waals surface area contributed by atoms with E-state index in [0.29, 0.717) is 12.8 Å². The van der Waals surface area contributed by atoms with Gasteiger partial charge in [0, 0.05) is 35.1 Å². The average Bonchev–Trinajstić information content (AvgIpc) is 3.11. The molecule has 2 aliphatic rings. The Bertz CT molecular complexity index is 1630. The largest absolute Gasteiger partial charge is 0.458 e. The van der Waals surface area contributed by atoms with E-state index in [9.17, 15) is 31.0 Å². The first-order chi connectivity index (χ1) is 24.7. The maximum atomic E-state index is 13.8. The van der Waals surface area contributed by atoms with Gasteiger partial charge in [-0.2, -0.15) is 0 Å². The van der Waals surface area contributed by atoms with Crippen molar-refractivity contribution in [3.05, 3.63) is 103 Å². The Labute approximate surface area is 293 Å². The molecular weight excluding hydrogens is 664 g/mol. The monoisotopic (exact) mass is 704 g/mol. The first-order valence-electron chi connectivity index (χ1n) is 16.5. The number of hydrogen-bond donors (Lipinski definition) is 0. The van der Waals surface area contributed by atoms with E-state index in [4.69, 9.17) is 23.7 Å². The molecular formula is C33H40N10O8. The van der Waals surface area contributed by atoms with Crippen molar-refractivity contribution in [3.8, 4) is 0 Å². The van der Waals surface area contributed by atoms with Gasteiger partial charge in [0.2, 0.25) is 0 Å². The van der Waals surface area contributed by atoms with Crippen LogP contribution in [0.2, 0.25) is 0 Å². The van der Waals surface area contributed by atoms with Gasteiger partial charge in [0.15, 0.2) is 12.4 Å². The second-order valence-electron chi connectivity index (χ2n) is 12.1. The zero-order chi connectivity index (χ0) is 36.8. The van der Waals surface area contributed by atoms with Crippen molar-refractivity contribution in [1.82, 2.24) is 4.90 Å². The molecule has 2 fully saturated rings. The van der Waals surface area contributed by atoms with Crippen molar-refractivity contribution in [2.24, 2.45) is 15.3 Å². The summed E-state index contributed by atoms with van der Waals surface area (Å²) in [6.45, 7) is 4.43. The number of esters is 2. The maximum absolute atomic E-state index is 13.8. The van der Waals surface area contributed by atoms with E-state index < -0.39 is 72.9 Å². The standard InChI is InChI=1S/C33H40N10O8/c1-4-27(43(18-22-11-7-5-8-12-22)33(46)47-19-23-13-9-6-10-14-23)28-16-15-24(37-40-34)32(50-28)51-30-26(39-42-36)17-25(38-41-35)29(48-20(2)44)31(30)49-21(3)45/h5-14,24-32H,4,15-19H2,1-3H3/t24?,25-,26+,27+,28+,29+,30-,31-,32-/m1/s1. The number of amides is 1. The Kier molecular flexibility index (Phi) is 14.3. The molecule has 0 spiro atoms. The van der Waals surface area contributed by atoms with E-state index in [2.05, 4.69) is 30.1 Å². The van der Waals surface area contributed by atoms with Gasteiger partial charge in [-0.1, -0.05) is 82.9 Å². The molecule has 1 heterocycles. The minimum atomic E-state index is -1.41. The van der Waals surface area contributed by atoms with E-state index >= 15 is 0 Å². The smallest absolute Gasteiger partial charge is 0.410 e. The fraction of sp³-hybridized carbons (Fsp3) is 0.545. The fourth-order valence-corrected chi connectivity index (χ4v) is 6.45. The van der Waals surface area contributed by atoms with Crippen molar-refractivity contribution in [1.29, 1.82) is 0 Å². The van der Waals surface area contributed by atoms with E-state index in [0.717, 1.165) is 25.0 Å². The lowest BCUT2D eigenvalue weighted by Crippen LogP contribution is -2.61. The van der Waals surface area contributed by atoms with Crippen LogP contribution < -0.4 is 0 Å². The molecule has 0 aromatic heterocycles. The van der Waals surface area contributed by atoms with E-state index in [1.54, 1.807) is 4.90 Å². The quantitative estimate of drug-likeness (QED) is 0.0663. The van der Waals surface area contributed by atoms with Crippen LogP contribution in [0, 0.1) is 0 Å². The van der Waals surface area contributed by atoms with E-state index in [1.165, 1.54) is 0 Å². The van der Waals surface area contributed by atoms with Gasteiger partial charge in [-0.15, -0.1) is 0 Å². The van der Waals surface area contributed by atoms with Crippen molar-refractivity contribution in [2.45, 2.75) is 114 Å². The first kappa shape index (κ1) is 38.3. The van der Waals surface area contributed by atoms with Gasteiger partial charge in [0.05, 0.1) is 30.3 Å². The van der Waals surface area contributed by atoms with Crippen LogP contribution in [-0.2, 0) is 46.4 Å². The summed E-state index contributed by atoms with van der Waals surface area (Å²) >= 11 is 0. The molecule has 9 atom stereocenters. The Morgan fingerprint density at radius 1 is 0.804 bits per heavy atom. The number of nitrogens with zero attached hydrogens (tertiary/aromatic N) is 10. The summed E-state index contributed by atoms with van der Waals surface area (Å²) < 4.78 is 29.7. The van der Waals surface area contributed by atoms with Crippen LogP contribution >= 0.6 is 0 Å². The molecule has 18 heteroatoms. The van der Waals surface area contributed by atoms with Gasteiger partial charge < -0.3 is 23.7 Å². The van der Waals surface area contributed by atoms with Gasteiger partial charge in [0.1, 0.15) is 18.8 Å². The number of benzene rings is 2. The number of ether oxygens (including phenoxy) is 5. The average molecular weight is 705 g/mol. The molecule has 0 radical (unpaired) electrons. The summed E-state index contributed by atoms with van der Waals surface area (Å²) in [6, 6.07) is 15.1. The second kappa shape index (κ2) is 19.0. The van der Waals surface area contributed by atoms with Crippen molar-refractivity contribution < 1.29 is 38.1 Å². The molecule has 0 bridgehead atoms. The number of hydrogen-bond acceptors (Lipinski definition) is 11. The summed E-state index contributed by atoms with van der Waals surface area (Å²) in [5.74, 6) is -1.53. The fourth-order valence-electron chi connectivity index (χ4n) is 6.45. The highest BCUT2D eigenvalue weighted by Gasteiger charge is 2.51. The number of carbonyl (C=O) groups is 3. The lowest BCUT2D eigenvalue weighted by atomic mass is 9.84. The van der Waals surface area contributed by atoms with Crippen molar-refractivity contribution in [2.75, 3.05) is 0 Å². The minimum absolute atomic E-state index is 0.0535. The predicted molar refractivity (Wildman–Crippen MR) is 180 cm³/mol. The summed E-state index contributed by atoms with van der Waals surface area (Å²) in [5, 5.41) is 11.4. The number of azide groups is 3. The zero-order valence-electron chi connectivity index (χ0n) is 28.5. The van der Waals surface area contributed by atoms with E-state index in [1.807, 2.05) is 67.6 Å². The molecule has 1 amide bonds. The molecule has 2 aromatic carbocycles. The topological polar surface area (TPSA) is 247 Å². The lowest BCUT2D eigenvalue weighted by molar-refractivity contribution is -0.264.